The third-order valence-corrected chi connectivity index (χ3v) is 4.46. The van der Waals surface area contributed by atoms with Crippen molar-refractivity contribution < 1.29 is 14.0 Å². The minimum absolute atomic E-state index is 0.339. The van der Waals surface area contributed by atoms with Crippen molar-refractivity contribution in [1.82, 2.24) is 9.36 Å². The molecule has 0 bridgehead atoms. The van der Waals surface area contributed by atoms with Crippen LogP contribution in [0.3, 0.4) is 0 Å². The van der Waals surface area contributed by atoms with E-state index in [1.807, 2.05) is 6.07 Å². The van der Waals surface area contributed by atoms with Crippen LogP contribution in [0.4, 0.5) is 5.13 Å². The van der Waals surface area contributed by atoms with Gasteiger partial charge in [-0.3, -0.25) is 10.1 Å². The number of carbonyl (C=O) groups excluding carboxylic acids is 1. The van der Waals surface area contributed by atoms with E-state index in [0.29, 0.717) is 40.0 Å². The fourth-order valence-corrected chi connectivity index (χ4v) is 3.13. The number of rotatable bonds is 6. The first kappa shape index (κ1) is 19.3. The number of anilines is 1. The second-order valence-electron chi connectivity index (χ2n) is 5.93. The molecule has 0 spiro atoms. The Morgan fingerprint density at radius 1 is 1.43 bits per heavy atom. The lowest BCUT2D eigenvalue weighted by Crippen LogP contribution is -2.12. The van der Waals surface area contributed by atoms with Crippen LogP contribution in [-0.2, 0) is 11.3 Å². The minimum Gasteiger partial charge on any atom is -0.461 e. The quantitative estimate of drug-likeness (QED) is 0.502. The van der Waals surface area contributed by atoms with Crippen molar-refractivity contribution in [2.24, 2.45) is 5.16 Å². The van der Waals surface area contributed by atoms with Crippen LogP contribution in [-0.4, -0.2) is 28.1 Å². The summed E-state index contributed by atoms with van der Waals surface area (Å²) in [6.07, 6.45) is 0.435. The molecule has 0 aliphatic rings. The number of amides is 1. The summed E-state index contributed by atoms with van der Waals surface area (Å²) in [5, 5.41) is 16.0. The smallest absolute Gasteiger partial charge is 0.261 e. The second kappa shape index (κ2) is 8.45. The van der Waals surface area contributed by atoms with Crippen molar-refractivity contribution in [2.45, 2.75) is 20.3 Å². The van der Waals surface area contributed by atoms with Crippen molar-refractivity contribution >= 4 is 28.3 Å². The highest BCUT2D eigenvalue weighted by Gasteiger charge is 2.18. The Hall–Kier alpha value is -3.51. The number of hydrogen-bond donors (Lipinski definition) is 1. The third kappa shape index (κ3) is 4.42. The Morgan fingerprint density at radius 2 is 2.25 bits per heavy atom. The van der Waals surface area contributed by atoms with E-state index in [9.17, 15) is 4.79 Å². The van der Waals surface area contributed by atoms with Gasteiger partial charge >= 0.3 is 0 Å². The molecule has 3 aromatic rings. The average molecular weight is 395 g/mol. The second-order valence-corrected chi connectivity index (χ2v) is 6.68. The molecule has 0 unspecified atom stereocenters. The first-order chi connectivity index (χ1) is 13.5. The lowest BCUT2D eigenvalue weighted by molar-refractivity contribution is 0.102. The number of nitriles is 1. The molecule has 2 aromatic heterocycles. The number of benzene rings is 1. The third-order valence-electron chi connectivity index (χ3n) is 3.79. The van der Waals surface area contributed by atoms with Gasteiger partial charge in [-0.15, -0.1) is 0 Å². The maximum atomic E-state index is 12.6. The summed E-state index contributed by atoms with van der Waals surface area (Å²) in [5.41, 5.74) is 2.37. The molecule has 0 saturated carbocycles. The molecule has 1 aromatic carbocycles. The number of nitrogens with zero attached hydrogens (tertiary/aromatic N) is 4. The highest BCUT2D eigenvalue weighted by molar-refractivity contribution is 7.09. The summed E-state index contributed by atoms with van der Waals surface area (Å²) in [7, 11) is 1.47. The van der Waals surface area contributed by atoms with E-state index >= 15 is 0 Å². The Balaban J connectivity index is 1.75. The molecule has 0 radical (unpaired) electrons. The van der Waals surface area contributed by atoms with Crippen LogP contribution < -0.4 is 5.32 Å². The van der Waals surface area contributed by atoms with Crippen LogP contribution >= 0.6 is 11.5 Å². The Bertz CT molecular complexity index is 1080. The zero-order chi connectivity index (χ0) is 20.1. The SMILES string of the molecule is CON=C(C)Cc1nsc(NC(=O)c2cc(-c3cccc(C#N)c3)oc2C)n1. The normalized spacial score (nSPS) is 11.1. The molecular weight excluding hydrogens is 378 g/mol. The molecule has 0 aliphatic carbocycles. The van der Waals surface area contributed by atoms with E-state index < -0.39 is 0 Å². The summed E-state index contributed by atoms with van der Waals surface area (Å²) < 4.78 is 9.92. The summed E-state index contributed by atoms with van der Waals surface area (Å²) in [4.78, 5) is 21.6. The van der Waals surface area contributed by atoms with Crippen LogP contribution in [0.1, 0.15) is 34.4 Å². The molecule has 1 N–H and O–H groups in total. The molecule has 0 atom stereocenters. The van der Waals surface area contributed by atoms with Gasteiger partial charge in [-0.2, -0.15) is 9.64 Å². The van der Waals surface area contributed by atoms with Crippen molar-refractivity contribution in [3.63, 3.8) is 0 Å². The van der Waals surface area contributed by atoms with Gasteiger partial charge in [0.15, 0.2) is 0 Å². The largest absolute Gasteiger partial charge is 0.461 e. The predicted molar refractivity (Wildman–Crippen MR) is 105 cm³/mol. The molecule has 0 saturated heterocycles. The maximum Gasteiger partial charge on any atom is 0.261 e. The van der Waals surface area contributed by atoms with Crippen molar-refractivity contribution in [3.05, 3.63) is 53.0 Å². The monoisotopic (exact) mass is 395 g/mol. The lowest BCUT2D eigenvalue weighted by atomic mass is 10.1. The van der Waals surface area contributed by atoms with E-state index in [1.165, 1.54) is 7.11 Å². The van der Waals surface area contributed by atoms with Gasteiger partial charge < -0.3 is 9.25 Å². The number of carbonyl (C=O) groups is 1. The van der Waals surface area contributed by atoms with Crippen LogP contribution in [0.15, 0.2) is 39.9 Å². The van der Waals surface area contributed by atoms with E-state index in [2.05, 4.69) is 25.9 Å². The first-order valence-corrected chi connectivity index (χ1v) is 9.09. The fraction of sp³-hybridized carbons (Fsp3) is 0.211. The maximum absolute atomic E-state index is 12.6. The molecule has 142 valence electrons. The van der Waals surface area contributed by atoms with Crippen molar-refractivity contribution in [1.29, 1.82) is 5.26 Å². The van der Waals surface area contributed by atoms with Crippen LogP contribution in [0.5, 0.6) is 0 Å². The number of aryl methyl sites for hydroxylation is 1. The number of furan rings is 1. The van der Waals surface area contributed by atoms with Gasteiger partial charge in [0.05, 0.1) is 29.3 Å². The molecular formula is C19H17N5O3S. The molecule has 2 heterocycles. The fourth-order valence-electron chi connectivity index (χ4n) is 2.55. The predicted octanol–water partition coefficient (Wildman–Crippen LogP) is 3.80. The van der Waals surface area contributed by atoms with Crippen LogP contribution in [0.2, 0.25) is 0 Å². The van der Waals surface area contributed by atoms with E-state index in [-0.39, 0.29) is 5.91 Å². The molecule has 9 heteroatoms. The number of hydrogen-bond acceptors (Lipinski definition) is 8. The van der Waals surface area contributed by atoms with Crippen molar-refractivity contribution in [3.8, 4) is 17.4 Å². The highest BCUT2D eigenvalue weighted by Crippen LogP contribution is 2.27. The van der Waals surface area contributed by atoms with Gasteiger partial charge in [0, 0.05) is 17.1 Å². The first-order valence-electron chi connectivity index (χ1n) is 8.31. The van der Waals surface area contributed by atoms with Gasteiger partial charge in [-0.1, -0.05) is 17.3 Å². The van der Waals surface area contributed by atoms with E-state index in [1.54, 1.807) is 38.1 Å². The molecule has 0 fully saturated rings. The summed E-state index contributed by atoms with van der Waals surface area (Å²) in [6, 6.07) is 10.7. The van der Waals surface area contributed by atoms with Gasteiger partial charge in [0.2, 0.25) is 5.13 Å². The lowest BCUT2D eigenvalue weighted by Gasteiger charge is -1.98. The van der Waals surface area contributed by atoms with Gasteiger partial charge in [0.1, 0.15) is 24.5 Å². The Morgan fingerprint density at radius 3 is 3.00 bits per heavy atom. The van der Waals surface area contributed by atoms with Crippen LogP contribution in [0.25, 0.3) is 11.3 Å². The van der Waals surface area contributed by atoms with E-state index in [0.717, 1.165) is 22.8 Å². The van der Waals surface area contributed by atoms with Crippen LogP contribution in [0, 0.1) is 18.3 Å². The highest BCUT2D eigenvalue weighted by atomic mass is 32.1. The number of aromatic nitrogens is 2. The van der Waals surface area contributed by atoms with Gasteiger partial charge in [0.25, 0.3) is 5.91 Å². The average Bonchev–Trinajstić information content (AvgIpc) is 3.28. The molecule has 0 aliphatic heterocycles. The zero-order valence-electron chi connectivity index (χ0n) is 15.5. The Kier molecular flexibility index (Phi) is 5.81. The van der Waals surface area contributed by atoms with Crippen molar-refractivity contribution in [2.75, 3.05) is 12.4 Å². The minimum atomic E-state index is -0.339. The standard InChI is InChI=1S/C19H17N5O3S/c1-11(23-26-3)7-17-21-19(28-24-17)22-18(25)15-9-16(27-12(15)2)14-6-4-5-13(8-14)10-20/h4-6,8-9H,7H2,1-3H3,(H,21,22,24,25). The molecule has 1 amide bonds. The summed E-state index contributed by atoms with van der Waals surface area (Å²) in [6.45, 7) is 3.52. The Labute approximate surface area is 165 Å². The zero-order valence-corrected chi connectivity index (χ0v) is 16.3. The molecule has 3 rings (SSSR count). The summed E-state index contributed by atoms with van der Waals surface area (Å²) in [5.74, 6) is 1.21. The number of oxime groups is 1. The van der Waals surface area contributed by atoms with E-state index in [4.69, 9.17) is 14.5 Å². The van der Waals surface area contributed by atoms with Gasteiger partial charge in [-0.05, 0) is 32.0 Å². The van der Waals surface area contributed by atoms with Gasteiger partial charge in [-0.25, -0.2) is 4.98 Å². The number of nitrogens with one attached hydrogen (secondary N) is 1. The molecule has 28 heavy (non-hydrogen) atoms. The summed E-state index contributed by atoms with van der Waals surface area (Å²) >= 11 is 1.09. The molecule has 8 nitrogen and oxygen atoms in total. The topological polar surface area (TPSA) is 113 Å².